The van der Waals surface area contributed by atoms with Crippen molar-refractivity contribution in [2.24, 2.45) is 0 Å². The third-order valence-electron chi connectivity index (χ3n) is 3.02. The highest BCUT2D eigenvalue weighted by Gasteiger charge is 2.24. The topological polar surface area (TPSA) is 67.4 Å². The molecule has 2 N–H and O–H groups in total. The number of sulfonamides is 1. The van der Waals surface area contributed by atoms with Gasteiger partial charge in [0, 0.05) is 24.6 Å². The van der Waals surface area contributed by atoms with Gasteiger partial charge >= 0.3 is 0 Å². The Labute approximate surface area is 132 Å². The second kappa shape index (κ2) is 7.69. The predicted molar refractivity (Wildman–Crippen MR) is 87.3 cm³/mol. The van der Waals surface area contributed by atoms with Crippen molar-refractivity contribution < 1.29 is 13.2 Å². The molecule has 122 valence electrons. The molecule has 0 bridgehead atoms. The van der Waals surface area contributed by atoms with Crippen LogP contribution in [0.5, 0.6) is 0 Å². The molecule has 0 aliphatic carbocycles. The molecule has 0 atom stereocenters. The molecule has 0 aliphatic heterocycles. The van der Waals surface area contributed by atoms with Gasteiger partial charge in [-0.1, -0.05) is 6.92 Å². The lowest BCUT2D eigenvalue weighted by Gasteiger charge is -2.24. The summed E-state index contributed by atoms with van der Waals surface area (Å²) in [5.74, 6) is 0. The van der Waals surface area contributed by atoms with Crippen molar-refractivity contribution in [3.63, 3.8) is 0 Å². The molecule has 0 saturated carbocycles. The van der Waals surface area contributed by atoms with Crippen LogP contribution in [0, 0.1) is 6.92 Å². The maximum absolute atomic E-state index is 12.3. The van der Waals surface area contributed by atoms with Crippen molar-refractivity contribution >= 4 is 21.4 Å². The van der Waals surface area contributed by atoms with Crippen LogP contribution in [0.1, 0.15) is 38.1 Å². The first-order valence-electron chi connectivity index (χ1n) is 7.15. The van der Waals surface area contributed by atoms with Gasteiger partial charge in [0.25, 0.3) is 0 Å². The van der Waals surface area contributed by atoms with Gasteiger partial charge in [-0.15, -0.1) is 11.3 Å². The molecule has 0 aromatic carbocycles. The highest BCUT2D eigenvalue weighted by Crippen LogP contribution is 2.26. The number of hydrogen-bond acceptors (Lipinski definition) is 5. The Morgan fingerprint density at radius 2 is 2.00 bits per heavy atom. The molecule has 1 rings (SSSR count). The highest BCUT2D eigenvalue weighted by atomic mass is 32.2. The minimum Gasteiger partial charge on any atom is -0.375 e. The molecule has 5 nitrogen and oxygen atoms in total. The summed E-state index contributed by atoms with van der Waals surface area (Å²) in [6.45, 7) is 12.0. The molecule has 7 heteroatoms. The van der Waals surface area contributed by atoms with E-state index in [9.17, 15) is 8.42 Å². The molecule has 0 amide bonds. The standard InChI is InChI=1S/C14H26N2O3S2/c1-6-15-9-12-11(3)8-13(20-12)21(17,18)16-10-14(4,5)19-7-2/h8,15-16H,6-7,9-10H2,1-5H3. The largest absolute Gasteiger partial charge is 0.375 e. The van der Waals surface area contributed by atoms with E-state index in [1.165, 1.54) is 11.3 Å². The van der Waals surface area contributed by atoms with Crippen molar-refractivity contribution in [2.75, 3.05) is 19.7 Å². The lowest BCUT2D eigenvalue weighted by molar-refractivity contribution is -0.00514. The molecule has 0 unspecified atom stereocenters. The van der Waals surface area contributed by atoms with Crippen LogP contribution < -0.4 is 10.0 Å². The number of rotatable bonds is 9. The van der Waals surface area contributed by atoms with E-state index in [1.54, 1.807) is 6.07 Å². The molecular formula is C14H26N2O3S2. The molecule has 1 aromatic rings. The summed E-state index contributed by atoms with van der Waals surface area (Å²) < 4.78 is 33.2. The number of thiophene rings is 1. The first-order valence-corrected chi connectivity index (χ1v) is 9.45. The van der Waals surface area contributed by atoms with Crippen molar-refractivity contribution in [1.29, 1.82) is 0 Å². The van der Waals surface area contributed by atoms with E-state index in [4.69, 9.17) is 4.74 Å². The normalized spacial score (nSPS) is 12.8. The van der Waals surface area contributed by atoms with Crippen LogP contribution in [-0.2, 0) is 21.3 Å². The summed E-state index contributed by atoms with van der Waals surface area (Å²) >= 11 is 1.32. The van der Waals surface area contributed by atoms with Gasteiger partial charge in [-0.25, -0.2) is 13.1 Å². The lowest BCUT2D eigenvalue weighted by Crippen LogP contribution is -2.40. The molecular weight excluding hydrogens is 308 g/mol. The Morgan fingerprint density at radius 3 is 2.57 bits per heavy atom. The fraction of sp³-hybridized carbons (Fsp3) is 0.714. The van der Waals surface area contributed by atoms with E-state index in [2.05, 4.69) is 10.0 Å². The van der Waals surface area contributed by atoms with Crippen LogP contribution in [-0.4, -0.2) is 33.7 Å². The van der Waals surface area contributed by atoms with Gasteiger partial charge in [-0.3, -0.25) is 0 Å². The van der Waals surface area contributed by atoms with Gasteiger partial charge in [0.1, 0.15) is 4.21 Å². The molecule has 0 spiro atoms. The second-order valence-corrected chi connectivity index (χ2v) is 8.60. The van der Waals surface area contributed by atoms with Crippen molar-refractivity contribution in [3.05, 3.63) is 16.5 Å². The smallest absolute Gasteiger partial charge is 0.250 e. The molecule has 21 heavy (non-hydrogen) atoms. The number of aryl methyl sites for hydroxylation is 1. The summed E-state index contributed by atoms with van der Waals surface area (Å²) in [5, 5.41) is 3.22. The van der Waals surface area contributed by atoms with Gasteiger partial charge in [-0.2, -0.15) is 0 Å². The van der Waals surface area contributed by atoms with Gasteiger partial charge in [0.2, 0.25) is 10.0 Å². The quantitative estimate of drug-likeness (QED) is 0.727. The molecule has 0 radical (unpaired) electrons. The number of hydrogen-bond donors (Lipinski definition) is 2. The minimum absolute atomic E-state index is 0.253. The molecule has 0 fully saturated rings. The monoisotopic (exact) mass is 334 g/mol. The first-order chi connectivity index (χ1) is 9.72. The molecule has 1 aromatic heterocycles. The van der Waals surface area contributed by atoms with Crippen LogP contribution in [0.3, 0.4) is 0 Å². The van der Waals surface area contributed by atoms with E-state index >= 15 is 0 Å². The first kappa shape index (κ1) is 18.6. The average Bonchev–Trinajstić information content (AvgIpc) is 2.77. The van der Waals surface area contributed by atoms with E-state index in [0.29, 0.717) is 17.4 Å². The molecule has 0 saturated heterocycles. The summed E-state index contributed by atoms with van der Waals surface area (Å²) in [4.78, 5) is 1.06. The number of nitrogens with one attached hydrogen (secondary N) is 2. The van der Waals surface area contributed by atoms with E-state index < -0.39 is 15.6 Å². The minimum atomic E-state index is -3.48. The third kappa shape index (κ3) is 5.67. The molecule has 0 aliphatic rings. The fourth-order valence-corrected chi connectivity index (χ4v) is 4.62. The Morgan fingerprint density at radius 1 is 1.33 bits per heavy atom. The summed E-state index contributed by atoms with van der Waals surface area (Å²) in [6.07, 6.45) is 0. The Kier molecular flexibility index (Phi) is 6.80. The summed E-state index contributed by atoms with van der Waals surface area (Å²) in [6, 6.07) is 1.73. The van der Waals surface area contributed by atoms with E-state index in [1.807, 2.05) is 34.6 Å². The predicted octanol–water partition coefficient (Wildman–Crippen LogP) is 2.26. The van der Waals surface area contributed by atoms with Gasteiger partial charge in [0.05, 0.1) is 5.60 Å². The maximum atomic E-state index is 12.3. The molecule has 1 heterocycles. The lowest BCUT2D eigenvalue weighted by atomic mass is 10.1. The van der Waals surface area contributed by atoms with Crippen LogP contribution >= 0.6 is 11.3 Å². The zero-order chi connectivity index (χ0) is 16.1. The zero-order valence-electron chi connectivity index (χ0n) is 13.4. The Bertz CT molecular complexity index is 551. The maximum Gasteiger partial charge on any atom is 0.250 e. The van der Waals surface area contributed by atoms with E-state index in [0.717, 1.165) is 17.0 Å². The van der Waals surface area contributed by atoms with Gasteiger partial charge in [0.15, 0.2) is 0 Å². The second-order valence-electron chi connectivity index (χ2n) is 5.47. The summed E-state index contributed by atoms with van der Waals surface area (Å²) in [5.41, 5.74) is 0.492. The van der Waals surface area contributed by atoms with Crippen LogP contribution in [0.4, 0.5) is 0 Å². The third-order valence-corrected chi connectivity index (χ3v) is 6.13. The van der Waals surface area contributed by atoms with Crippen LogP contribution in [0.25, 0.3) is 0 Å². The van der Waals surface area contributed by atoms with Crippen molar-refractivity contribution in [2.45, 2.75) is 51.0 Å². The van der Waals surface area contributed by atoms with Crippen molar-refractivity contribution in [1.82, 2.24) is 10.0 Å². The Hall–Kier alpha value is -0.470. The highest BCUT2D eigenvalue weighted by molar-refractivity contribution is 7.91. The van der Waals surface area contributed by atoms with Gasteiger partial charge < -0.3 is 10.1 Å². The van der Waals surface area contributed by atoms with Crippen molar-refractivity contribution in [3.8, 4) is 0 Å². The fourth-order valence-electron chi connectivity index (χ4n) is 1.82. The van der Waals surface area contributed by atoms with E-state index in [-0.39, 0.29) is 6.54 Å². The number of ether oxygens (including phenoxy) is 1. The van der Waals surface area contributed by atoms with Gasteiger partial charge in [-0.05, 0) is 45.9 Å². The Balaban J connectivity index is 2.79. The SMILES string of the molecule is CCNCc1sc(S(=O)(=O)NCC(C)(C)OCC)cc1C. The van der Waals surface area contributed by atoms with Crippen LogP contribution in [0.2, 0.25) is 0 Å². The van der Waals surface area contributed by atoms with Crippen LogP contribution in [0.15, 0.2) is 10.3 Å². The average molecular weight is 335 g/mol. The zero-order valence-corrected chi connectivity index (χ0v) is 15.1. The summed E-state index contributed by atoms with van der Waals surface area (Å²) in [7, 11) is -3.48.